The van der Waals surface area contributed by atoms with Gasteiger partial charge >= 0.3 is 0 Å². The summed E-state index contributed by atoms with van der Waals surface area (Å²) in [6.07, 6.45) is 0.648. The molecule has 15 heavy (non-hydrogen) atoms. The predicted molar refractivity (Wildman–Crippen MR) is 60.8 cm³/mol. The zero-order valence-corrected chi connectivity index (χ0v) is 9.58. The molecule has 0 aromatic heterocycles. The van der Waals surface area contributed by atoms with Crippen molar-refractivity contribution < 1.29 is 9.94 Å². The van der Waals surface area contributed by atoms with Crippen molar-refractivity contribution in [3.63, 3.8) is 0 Å². The third-order valence-corrected chi connectivity index (χ3v) is 2.64. The zero-order chi connectivity index (χ0) is 11.4. The Morgan fingerprint density at radius 2 is 2.07 bits per heavy atom. The highest BCUT2D eigenvalue weighted by Gasteiger charge is 2.12. The highest BCUT2D eigenvalue weighted by atomic mass is 16.6. The van der Waals surface area contributed by atoms with Crippen molar-refractivity contribution in [2.45, 2.75) is 33.1 Å². The Balaban J connectivity index is 3.06. The fraction of sp³-hybridized carbons (Fsp3) is 0.500. The van der Waals surface area contributed by atoms with Gasteiger partial charge < -0.3 is 9.94 Å². The van der Waals surface area contributed by atoms with Crippen LogP contribution in [0.1, 0.15) is 36.5 Å². The summed E-state index contributed by atoms with van der Waals surface area (Å²) in [4.78, 5) is 4.54. The van der Waals surface area contributed by atoms with Crippen LogP contribution in [0.3, 0.4) is 0 Å². The molecular weight excluding hydrogens is 190 g/mol. The number of phenols is 1. The van der Waals surface area contributed by atoms with Crippen LogP contribution in [-0.4, -0.2) is 11.7 Å². The van der Waals surface area contributed by atoms with E-state index in [0.29, 0.717) is 24.7 Å². The average molecular weight is 209 g/mol. The highest BCUT2D eigenvalue weighted by Crippen LogP contribution is 2.31. The quantitative estimate of drug-likeness (QED) is 0.748. The van der Waals surface area contributed by atoms with Crippen LogP contribution in [0.15, 0.2) is 12.1 Å². The second kappa shape index (κ2) is 5.14. The first-order chi connectivity index (χ1) is 7.07. The summed E-state index contributed by atoms with van der Waals surface area (Å²) < 4.78 is 0. The molecule has 0 aliphatic heterocycles. The topological polar surface area (TPSA) is 55.5 Å². The second-order valence-corrected chi connectivity index (χ2v) is 4.07. The molecule has 0 bridgehead atoms. The van der Waals surface area contributed by atoms with Crippen molar-refractivity contribution in [1.29, 1.82) is 0 Å². The van der Waals surface area contributed by atoms with Crippen molar-refractivity contribution in [2.24, 2.45) is 5.90 Å². The Morgan fingerprint density at radius 1 is 1.40 bits per heavy atom. The molecule has 1 aromatic rings. The Hall–Kier alpha value is -1.06. The van der Waals surface area contributed by atoms with E-state index in [1.54, 1.807) is 0 Å². The SMILES string of the molecule is Cc1ccc(C(C)C)c(O)c1CCON. The van der Waals surface area contributed by atoms with E-state index in [9.17, 15) is 5.11 Å². The van der Waals surface area contributed by atoms with Crippen LogP contribution in [0.5, 0.6) is 5.75 Å². The van der Waals surface area contributed by atoms with Crippen LogP contribution in [0.4, 0.5) is 0 Å². The normalized spacial score (nSPS) is 11.0. The fourth-order valence-corrected chi connectivity index (χ4v) is 1.70. The lowest BCUT2D eigenvalue weighted by Gasteiger charge is -2.14. The van der Waals surface area contributed by atoms with Gasteiger partial charge in [-0.2, -0.15) is 0 Å². The third-order valence-electron chi connectivity index (χ3n) is 2.64. The second-order valence-electron chi connectivity index (χ2n) is 4.07. The standard InChI is InChI=1S/C12H19NO2/c1-8(2)10-5-4-9(3)11(12(10)14)6-7-15-13/h4-5,8,14H,6-7,13H2,1-3H3. The van der Waals surface area contributed by atoms with Crippen LogP contribution < -0.4 is 5.90 Å². The van der Waals surface area contributed by atoms with Crippen molar-refractivity contribution in [3.8, 4) is 5.75 Å². The number of hydrogen-bond acceptors (Lipinski definition) is 3. The first-order valence-corrected chi connectivity index (χ1v) is 5.21. The molecule has 0 radical (unpaired) electrons. The van der Waals surface area contributed by atoms with Gasteiger partial charge in [0.2, 0.25) is 0 Å². The molecule has 3 N–H and O–H groups in total. The monoisotopic (exact) mass is 209 g/mol. The molecule has 0 amide bonds. The van der Waals surface area contributed by atoms with Crippen molar-refractivity contribution in [3.05, 3.63) is 28.8 Å². The Kier molecular flexibility index (Phi) is 4.12. The van der Waals surface area contributed by atoms with Gasteiger partial charge in [-0.05, 0) is 29.5 Å². The maximum atomic E-state index is 10.1. The minimum atomic E-state index is 0.322. The molecule has 84 valence electrons. The van der Waals surface area contributed by atoms with Crippen LogP contribution in [-0.2, 0) is 11.3 Å². The van der Waals surface area contributed by atoms with E-state index < -0.39 is 0 Å². The molecular formula is C12H19NO2. The highest BCUT2D eigenvalue weighted by molar-refractivity contribution is 5.46. The Morgan fingerprint density at radius 3 is 2.60 bits per heavy atom. The van der Waals surface area contributed by atoms with Gasteiger partial charge in [-0.1, -0.05) is 26.0 Å². The fourth-order valence-electron chi connectivity index (χ4n) is 1.70. The van der Waals surface area contributed by atoms with Gasteiger partial charge in [-0.15, -0.1) is 0 Å². The number of benzene rings is 1. The van der Waals surface area contributed by atoms with Crippen LogP contribution in [0.25, 0.3) is 0 Å². The number of rotatable bonds is 4. The molecule has 0 aliphatic carbocycles. The van der Waals surface area contributed by atoms with Gasteiger partial charge in [0.1, 0.15) is 5.75 Å². The van der Waals surface area contributed by atoms with Crippen molar-refractivity contribution in [1.82, 2.24) is 0 Å². The van der Waals surface area contributed by atoms with Gasteiger partial charge in [0.05, 0.1) is 6.61 Å². The minimum absolute atomic E-state index is 0.322. The number of aryl methyl sites for hydroxylation is 1. The number of phenolic OH excluding ortho intramolecular Hbond substituents is 1. The molecule has 1 aromatic carbocycles. The Labute approximate surface area is 90.8 Å². The van der Waals surface area contributed by atoms with Gasteiger partial charge in [0, 0.05) is 6.42 Å². The summed E-state index contributed by atoms with van der Waals surface area (Å²) >= 11 is 0. The van der Waals surface area contributed by atoms with E-state index in [0.717, 1.165) is 16.7 Å². The smallest absolute Gasteiger partial charge is 0.122 e. The summed E-state index contributed by atoms with van der Waals surface area (Å²) in [6.45, 7) is 6.53. The summed E-state index contributed by atoms with van der Waals surface area (Å²) in [7, 11) is 0. The average Bonchev–Trinajstić information content (AvgIpc) is 2.17. The third kappa shape index (κ3) is 2.70. The van der Waals surface area contributed by atoms with E-state index in [4.69, 9.17) is 5.90 Å². The van der Waals surface area contributed by atoms with E-state index >= 15 is 0 Å². The lowest BCUT2D eigenvalue weighted by molar-refractivity contribution is 0.140. The molecule has 0 saturated carbocycles. The number of hydrogen-bond donors (Lipinski definition) is 2. The summed E-state index contributed by atoms with van der Waals surface area (Å²) in [5.74, 6) is 5.71. The van der Waals surface area contributed by atoms with Crippen molar-refractivity contribution in [2.75, 3.05) is 6.61 Å². The first-order valence-electron chi connectivity index (χ1n) is 5.21. The lowest BCUT2D eigenvalue weighted by Crippen LogP contribution is -2.06. The van der Waals surface area contributed by atoms with Gasteiger partial charge in [0.15, 0.2) is 0 Å². The van der Waals surface area contributed by atoms with Crippen LogP contribution >= 0.6 is 0 Å². The molecule has 0 unspecified atom stereocenters. The maximum Gasteiger partial charge on any atom is 0.122 e. The van der Waals surface area contributed by atoms with E-state index in [1.165, 1.54) is 0 Å². The molecule has 3 heteroatoms. The van der Waals surface area contributed by atoms with Crippen molar-refractivity contribution >= 4 is 0 Å². The van der Waals surface area contributed by atoms with Gasteiger partial charge in [-0.3, -0.25) is 0 Å². The first kappa shape index (κ1) is 12.0. The molecule has 0 fully saturated rings. The van der Waals surface area contributed by atoms with E-state index in [2.05, 4.69) is 18.7 Å². The van der Waals surface area contributed by atoms with E-state index in [1.807, 2.05) is 19.1 Å². The summed E-state index contributed by atoms with van der Waals surface area (Å²) in [5.41, 5.74) is 2.99. The largest absolute Gasteiger partial charge is 0.507 e. The molecule has 0 atom stereocenters. The zero-order valence-electron chi connectivity index (χ0n) is 9.58. The summed E-state index contributed by atoms with van der Waals surface area (Å²) in [6, 6.07) is 4.00. The van der Waals surface area contributed by atoms with Crippen LogP contribution in [0.2, 0.25) is 0 Å². The lowest BCUT2D eigenvalue weighted by atomic mass is 9.95. The molecule has 0 heterocycles. The Bertz CT molecular complexity index is 335. The molecule has 1 rings (SSSR count). The molecule has 0 saturated heterocycles. The van der Waals surface area contributed by atoms with Crippen LogP contribution in [0, 0.1) is 6.92 Å². The molecule has 0 aliphatic rings. The van der Waals surface area contributed by atoms with E-state index in [-0.39, 0.29) is 0 Å². The molecule has 0 spiro atoms. The predicted octanol–water partition coefficient (Wildman–Crippen LogP) is 2.26. The minimum Gasteiger partial charge on any atom is -0.507 e. The van der Waals surface area contributed by atoms with Gasteiger partial charge in [0.25, 0.3) is 0 Å². The summed E-state index contributed by atoms with van der Waals surface area (Å²) in [5, 5.41) is 10.1. The number of aromatic hydroxyl groups is 1. The van der Waals surface area contributed by atoms with Gasteiger partial charge in [-0.25, -0.2) is 5.90 Å². The maximum absolute atomic E-state index is 10.1. The number of nitrogens with two attached hydrogens (primary N) is 1. The molecule has 3 nitrogen and oxygen atoms in total.